The van der Waals surface area contributed by atoms with Crippen LogP contribution in [0, 0.1) is 0 Å². The van der Waals surface area contributed by atoms with Crippen LogP contribution in [0.1, 0.15) is 75.3 Å². The van der Waals surface area contributed by atoms with Crippen molar-refractivity contribution in [1.29, 1.82) is 0 Å². The molecule has 3 aliphatic rings. The molecule has 0 aromatic heterocycles. The number of hydrogen-bond donors (Lipinski definition) is 7. The molecule has 230 valence electrons. The number of benzene rings is 2. The molecular weight excluding hydrogens is 568 g/mol. The summed E-state index contributed by atoms with van der Waals surface area (Å²) in [5.74, 6) is -3.77. The number of carbonyl (C=O) groups excluding carboxylic acids is 3. The first-order valence-electron chi connectivity index (χ1n) is 13.7. The molecule has 0 bridgehead atoms. The Morgan fingerprint density at radius 3 is 2.35 bits per heavy atom. The second-order valence-corrected chi connectivity index (χ2v) is 11.1. The van der Waals surface area contributed by atoms with Gasteiger partial charge in [0.25, 0.3) is 0 Å². The van der Waals surface area contributed by atoms with Gasteiger partial charge in [-0.15, -0.1) is 0 Å². The first-order valence-corrected chi connectivity index (χ1v) is 13.7. The number of nitrogens with one attached hydrogen (secondary N) is 1. The van der Waals surface area contributed by atoms with Crippen molar-refractivity contribution in [2.75, 3.05) is 13.2 Å². The molecule has 14 heteroatoms. The number of phenols is 2. The molecule has 43 heavy (non-hydrogen) atoms. The molecule has 2 aliphatic carbocycles. The summed E-state index contributed by atoms with van der Waals surface area (Å²) in [7, 11) is 0. The molecule has 2 aromatic rings. The molecule has 8 N–H and O–H groups in total. The zero-order valence-corrected chi connectivity index (χ0v) is 23.1. The second kappa shape index (κ2) is 11.5. The largest absolute Gasteiger partial charge is 0.507 e. The summed E-state index contributed by atoms with van der Waals surface area (Å²) in [5, 5.41) is 55.7. The third kappa shape index (κ3) is 5.67. The number of ketones is 2. The molecule has 1 heterocycles. The molecule has 0 saturated carbocycles. The van der Waals surface area contributed by atoms with Crippen molar-refractivity contribution < 1.29 is 58.9 Å². The normalized spacial score (nSPS) is 28.0. The summed E-state index contributed by atoms with van der Waals surface area (Å²) in [5.41, 5.74) is 3.23. The number of aliphatic hydroxyl groups excluding tert-OH is 1. The molecule has 0 radical (unpaired) electrons. The minimum absolute atomic E-state index is 0.0285. The van der Waals surface area contributed by atoms with Gasteiger partial charge in [0.2, 0.25) is 0 Å². The first kappa shape index (κ1) is 30.4. The highest BCUT2D eigenvalue weighted by molar-refractivity contribution is 6.30. The molecular formula is C29H32N2O12. The summed E-state index contributed by atoms with van der Waals surface area (Å²) in [6.45, 7) is 0.727. The standard InChI is InChI=1S/C29H32N2O12/c1-12-23(34)16(30)8-19(42-12)43-17-10-29(40,11-41-28(39)31-7-6-18(32)33)9-15-20(17)27(38)22-21(26(15)37)24(35)13-4-2-3-5-14(13)25(22)36/h2-5,12,16-17,19,23,34,37-38,40H,6-11,30H2,1H3,(H,31,39)(H,32,33)/t12-,16-,17-,19-,23+,29-/m0/s1. The van der Waals surface area contributed by atoms with Gasteiger partial charge in [-0.2, -0.15) is 0 Å². The third-order valence-electron chi connectivity index (χ3n) is 8.00. The van der Waals surface area contributed by atoms with E-state index in [-0.39, 0.29) is 48.1 Å². The van der Waals surface area contributed by atoms with E-state index < -0.39 is 95.5 Å². The predicted molar refractivity (Wildman–Crippen MR) is 145 cm³/mol. The lowest BCUT2D eigenvalue weighted by Crippen LogP contribution is -2.52. The molecule has 1 fully saturated rings. The van der Waals surface area contributed by atoms with E-state index in [9.17, 15) is 39.6 Å². The highest BCUT2D eigenvalue weighted by Gasteiger charge is 2.48. The van der Waals surface area contributed by atoms with Crippen LogP contribution in [0.25, 0.3) is 0 Å². The van der Waals surface area contributed by atoms with E-state index in [1.807, 2.05) is 0 Å². The van der Waals surface area contributed by atoms with E-state index in [4.69, 9.17) is 25.1 Å². The Bertz CT molecular complexity index is 1480. The van der Waals surface area contributed by atoms with Gasteiger partial charge < -0.3 is 50.8 Å². The van der Waals surface area contributed by atoms with Gasteiger partial charge in [0.05, 0.1) is 35.9 Å². The second-order valence-electron chi connectivity index (χ2n) is 11.1. The topological polar surface area (TPSA) is 235 Å². The maximum atomic E-state index is 13.5. The van der Waals surface area contributed by atoms with Gasteiger partial charge in [-0.1, -0.05) is 24.3 Å². The van der Waals surface area contributed by atoms with E-state index in [0.29, 0.717) is 0 Å². The third-order valence-corrected chi connectivity index (χ3v) is 8.00. The number of aromatic hydroxyl groups is 2. The quantitative estimate of drug-likeness (QED) is 0.185. The smallest absolute Gasteiger partial charge is 0.407 e. The minimum atomic E-state index is -1.92. The number of aliphatic hydroxyl groups is 2. The lowest BCUT2D eigenvalue weighted by molar-refractivity contribution is -0.248. The number of amides is 1. The van der Waals surface area contributed by atoms with Crippen molar-refractivity contribution >= 4 is 23.6 Å². The number of hydrogen-bond acceptors (Lipinski definition) is 12. The molecule has 0 unspecified atom stereocenters. The Morgan fingerprint density at radius 1 is 1.12 bits per heavy atom. The van der Waals surface area contributed by atoms with Crippen LogP contribution in [-0.4, -0.2) is 92.5 Å². The average molecular weight is 601 g/mol. The number of carbonyl (C=O) groups is 4. The van der Waals surface area contributed by atoms with Crippen LogP contribution in [0.5, 0.6) is 11.5 Å². The van der Waals surface area contributed by atoms with Crippen LogP contribution in [0.2, 0.25) is 0 Å². The molecule has 0 spiro atoms. The van der Waals surface area contributed by atoms with E-state index in [2.05, 4.69) is 5.32 Å². The first-order chi connectivity index (χ1) is 20.3. The monoisotopic (exact) mass is 600 g/mol. The number of phenolic OH excluding ortho intramolecular Hbond substituents is 2. The van der Waals surface area contributed by atoms with Crippen LogP contribution in [-0.2, 0) is 25.4 Å². The van der Waals surface area contributed by atoms with Crippen molar-refractivity contribution in [3.05, 3.63) is 57.6 Å². The summed E-state index contributed by atoms with van der Waals surface area (Å²) in [6, 6.07) is 5.25. The molecule has 14 nitrogen and oxygen atoms in total. The highest BCUT2D eigenvalue weighted by atomic mass is 16.7. The van der Waals surface area contributed by atoms with E-state index in [0.717, 1.165) is 0 Å². The summed E-state index contributed by atoms with van der Waals surface area (Å²) in [4.78, 5) is 49.8. The van der Waals surface area contributed by atoms with E-state index in [1.54, 1.807) is 19.1 Å². The van der Waals surface area contributed by atoms with Crippen LogP contribution < -0.4 is 11.1 Å². The maximum Gasteiger partial charge on any atom is 0.407 e. The minimum Gasteiger partial charge on any atom is -0.507 e. The fraction of sp³-hybridized carbons (Fsp3) is 0.448. The highest BCUT2D eigenvalue weighted by Crippen LogP contribution is 2.51. The molecule has 6 atom stereocenters. The summed E-state index contributed by atoms with van der Waals surface area (Å²) < 4.78 is 17.0. The van der Waals surface area contributed by atoms with Crippen LogP contribution >= 0.6 is 0 Å². The number of aliphatic carboxylic acids is 1. The summed E-state index contributed by atoms with van der Waals surface area (Å²) >= 11 is 0. The van der Waals surface area contributed by atoms with Gasteiger partial charge in [-0.3, -0.25) is 14.4 Å². The molecule has 1 aliphatic heterocycles. The lowest BCUT2D eigenvalue weighted by Gasteiger charge is -2.42. The van der Waals surface area contributed by atoms with Crippen molar-refractivity contribution in [1.82, 2.24) is 5.32 Å². The van der Waals surface area contributed by atoms with Gasteiger partial charge in [0.1, 0.15) is 23.7 Å². The number of carboxylic acids is 1. The van der Waals surface area contributed by atoms with Crippen molar-refractivity contribution in [2.24, 2.45) is 5.73 Å². The van der Waals surface area contributed by atoms with E-state index >= 15 is 0 Å². The number of carboxylic acid groups (broad SMARTS) is 1. The van der Waals surface area contributed by atoms with Crippen LogP contribution in [0.4, 0.5) is 4.79 Å². The lowest BCUT2D eigenvalue weighted by atomic mass is 9.73. The van der Waals surface area contributed by atoms with Gasteiger partial charge in [0, 0.05) is 54.1 Å². The Balaban J connectivity index is 1.53. The van der Waals surface area contributed by atoms with Gasteiger partial charge in [0.15, 0.2) is 17.9 Å². The number of ether oxygens (including phenoxy) is 3. The zero-order chi connectivity index (χ0) is 31.2. The number of nitrogens with two attached hydrogens (primary N) is 1. The Hall–Kier alpha value is -4.08. The Morgan fingerprint density at radius 2 is 1.74 bits per heavy atom. The molecule has 1 saturated heterocycles. The van der Waals surface area contributed by atoms with Crippen molar-refractivity contribution in [3.63, 3.8) is 0 Å². The number of rotatable bonds is 7. The SMILES string of the molecule is C[C@@H]1O[C@@H](O[C@H]2C[C@](O)(COC(=O)NCCC(=O)O)Cc3c(O)c4c(c(O)c32)C(=O)c2ccccc2C4=O)C[C@H](N)[C@@H]1O. The van der Waals surface area contributed by atoms with Crippen molar-refractivity contribution in [2.45, 2.75) is 68.9 Å². The Kier molecular flexibility index (Phi) is 8.15. The maximum absolute atomic E-state index is 13.5. The Labute approximate surface area is 245 Å². The van der Waals surface area contributed by atoms with Crippen LogP contribution in [0.15, 0.2) is 24.3 Å². The zero-order valence-electron chi connectivity index (χ0n) is 23.1. The molecule has 2 aromatic carbocycles. The van der Waals surface area contributed by atoms with Crippen LogP contribution in [0.3, 0.4) is 0 Å². The summed E-state index contributed by atoms with van der Waals surface area (Å²) in [6.07, 6.45) is -6.07. The van der Waals surface area contributed by atoms with Gasteiger partial charge in [-0.25, -0.2) is 4.79 Å². The molecule has 1 amide bonds. The fourth-order valence-electron chi connectivity index (χ4n) is 5.86. The van der Waals surface area contributed by atoms with Gasteiger partial charge >= 0.3 is 12.1 Å². The van der Waals surface area contributed by atoms with Crippen molar-refractivity contribution in [3.8, 4) is 11.5 Å². The number of fused-ring (bicyclic) bond motifs is 3. The van der Waals surface area contributed by atoms with Gasteiger partial charge in [-0.05, 0) is 6.92 Å². The fourth-order valence-corrected chi connectivity index (χ4v) is 5.86. The predicted octanol–water partition coefficient (Wildman–Crippen LogP) is 0.632. The average Bonchev–Trinajstić information content (AvgIpc) is 2.95. The molecule has 5 rings (SSSR count). The van der Waals surface area contributed by atoms with E-state index in [1.165, 1.54) is 12.1 Å². The number of alkyl carbamates (subject to hydrolysis) is 1.